The smallest absolute Gasteiger partial charge is 0.255 e. The number of carbonyl (C=O) groups excluding carboxylic acids is 4. The zero-order valence-electron chi connectivity index (χ0n) is 22.6. The Balaban J connectivity index is 1.05. The third kappa shape index (κ3) is 5.29. The predicted octanol–water partition coefficient (Wildman–Crippen LogP) is 3.27. The molecule has 3 heterocycles. The van der Waals surface area contributed by atoms with E-state index in [1.165, 1.54) is 17.0 Å². The molecule has 1 atom stereocenters. The molecule has 216 valence electrons. The van der Waals surface area contributed by atoms with Gasteiger partial charge in [-0.1, -0.05) is 18.2 Å². The Morgan fingerprint density at radius 1 is 0.952 bits per heavy atom. The third-order valence-corrected chi connectivity index (χ3v) is 7.95. The van der Waals surface area contributed by atoms with Crippen molar-refractivity contribution in [1.29, 1.82) is 0 Å². The van der Waals surface area contributed by atoms with E-state index in [2.05, 4.69) is 5.32 Å². The molecule has 3 aliphatic rings. The molecule has 4 amide bonds. The van der Waals surface area contributed by atoms with Gasteiger partial charge in [-0.05, 0) is 48.4 Å². The van der Waals surface area contributed by atoms with E-state index < -0.39 is 23.6 Å². The number of nitrogens with one attached hydrogen (secondary N) is 1. The number of anilines is 1. The minimum atomic E-state index is -0.701. The number of halogens is 2. The van der Waals surface area contributed by atoms with Crippen LogP contribution in [0.5, 0.6) is 5.75 Å². The lowest BCUT2D eigenvalue weighted by atomic mass is 10.0. The van der Waals surface area contributed by atoms with Crippen LogP contribution in [0.25, 0.3) is 0 Å². The van der Waals surface area contributed by atoms with Crippen LogP contribution in [0, 0.1) is 11.6 Å². The second-order valence-electron chi connectivity index (χ2n) is 10.5. The zero-order valence-corrected chi connectivity index (χ0v) is 22.6. The third-order valence-electron chi connectivity index (χ3n) is 7.95. The van der Waals surface area contributed by atoms with Gasteiger partial charge in [0.05, 0.1) is 12.2 Å². The fourth-order valence-corrected chi connectivity index (χ4v) is 5.67. The number of imide groups is 1. The highest BCUT2D eigenvalue weighted by molar-refractivity contribution is 6.05. The summed E-state index contributed by atoms with van der Waals surface area (Å²) in [5, 5.41) is 2.30. The van der Waals surface area contributed by atoms with Gasteiger partial charge < -0.3 is 19.4 Å². The van der Waals surface area contributed by atoms with Crippen molar-refractivity contribution in [3.63, 3.8) is 0 Å². The Kier molecular flexibility index (Phi) is 7.32. The van der Waals surface area contributed by atoms with Gasteiger partial charge in [-0.3, -0.25) is 24.5 Å². The van der Waals surface area contributed by atoms with Gasteiger partial charge in [0.2, 0.25) is 11.8 Å². The normalized spacial score (nSPS) is 18.7. The van der Waals surface area contributed by atoms with Crippen LogP contribution in [0.3, 0.4) is 0 Å². The highest BCUT2D eigenvalue weighted by Gasteiger charge is 2.40. The largest absolute Gasteiger partial charge is 0.489 e. The SMILES string of the molecule is O=C1CCC(N2Cc3c(OCc4ccc(C(=O)N5CCN(c6ccc(F)cc6F)CC5)cc4)cccc3C2=O)C(=O)N1. The molecule has 9 nitrogen and oxygen atoms in total. The van der Waals surface area contributed by atoms with Crippen LogP contribution in [0.15, 0.2) is 60.7 Å². The van der Waals surface area contributed by atoms with Crippen molar-refractivity contribution in [3.8, 4) is 5.75 Å². The molecule has 0 radical (unpaired) electrons. The summed E-state index contributed by atoms with van der Waals surface area (Å²) >= 11 is 0. The van der Waals surface area contributed by atoms with Gasteiger partial charge in [-0.15, -0.1) is 0 Å². The van der Waals surface area contributed by atoms with Crippen LogP contribution in [0.4, 0.5) is 14.5 Å². The van der Waals surface area contributed by atoms with Crippen molar-refractivity contribution in [2.24, 2.45) is 0 Å². The first kappa shape index (κ1) is 27.4. The maximum atomic E-state index is 14.2. The molecule has 11 heteroatoms. The van der Waals surface area contributed by atoms with Gasteiger partial charge in [0, 0.05) is 55.4 Å². The summed E-state index contributed by atoms with van der Waals surface area (Å²) in [5.41, 5.74) is 2.84. The first-order valence-corrected chi connectivity index (χ1v) is 13.8. The number of amides is 4. The summed E-state index contributed by atoms with van der Waals surface area (Å²) in [6, 6.07) is 15.1. The molecule has 6 rings (SSSR count). The highest BCUT2D eigenvalue weighted by Crippen LogP contribution is 2.34. The fraction of sp³-hybridized carbons (Fsp3) is 0.290. The lowest BCUT2D eigenvalue weighted by Gasteiger charge is -2.36. The molecule has 3 aromatic rings. The van der Waals surface area contributed by atoms with Crippen molar-refractivity contribution < 1.29 is 32.7 Å². The number of benzene rings is 3. The molecule has 1 unspecified atom stereocenters. The van der Waals surface area contributed by atoms with Gasteiger partial charge in [0.15, 0.2) is 0 Å². The molecule has 42 heavy (non-hydrogen) atoms. The van der Waals surface area contributed by atoms with E-state index in [9.17, 15) is 28.0 Å². The minimum Gasteiger partial charge on any atom is -0.489 e. The molecular formula is C31H28F2N4O5. The van der Waals surface area contributed by atoms with Crippen LogP contribution in [0.1, 0.15) is 44.7 Å². The molecule has 0 saturated carbocycles. The number of piperidine rings is 1. The van der Waals surface area contributed by atoms with E-state index in [4.69, 9.17) is 4.74 Å². The fourth-order valence-electron chi connectivity index (χ4n) is 5.67. The number of carbonyl (C=O) groups is 4. The van der Waals surface area contributed by atoms with Crippen LogP contribution in [-0.4, -0.2) is 65.6 Å². The number of hydrogen-bond acceptors (Lipinski definition) is 6. The second-order valence-corrected chi connectivity index (χ2v) is 10.5. The number of rotatable bonds is 6. The Hall–Kier alpha value is -4.80. The molecule has 0 spiro atoms. The Morgan fingerprint density at radius 3 is 2.43 bits per heavy atom. The monoisotopic (exact) mass is 574 g/mol. The van der Waals surface area contributed by atoms with Crippen LogP contribution in [-0.2, 0) is 22.7 Å². The number of piperazine rings is 1. The minimum absolute atomic E-state index is 0.130. The van der Waals surface area contributed by atoms with Crippen molar-refractivity contribution in [3.05, 3.63) is 94.6 Å². The van der Waals surface area contributed by atoms with Crippen molar-refractivity contribution in [2.75, 3.05) is 31.1 Å². The summed E-state index contributed by atoms with van der Waals surface area (Å²) < 4.78 is 33.5. The molecule has 3 aliphatic heterocycles. The summed E-state index contributed by atoms with van der Waals surface area (Å²) in [6.07, 6.45) is 0.471. The van der Waals surface area contributed by atoms with Crippen molar-refractivity contribution >= 4 is 29.3 Å². The second kappa shape index (κ2) is 11.2. The van der Waals surface area contributed by atoms with E-state index in [-0.39, 0.29) is 43.7 Å². The first-order chi connectivity index (χ1) is 20.3. The molecule has 3 aromatic carbocycles. The van der Waals surface area contributed by atoms with Crippen molar-refractivity contribution in [2.45, 2.75) is 32.0 Å². The van der Waals surface area contributed by atoms with E-state index in [0.717, 1.165) is 11.6 Å². The topological polar surface area (TPSA) is 99.3 Å². The molecular weight excluding hydrogens is 546 g/mol. The van der Waals surface area contributed by atoms with Crippen LogP contribution < -0.4 is 15.0 Å². The van der Waals surface area contributed by atoms with Crippen LogP contribution in [0.2, 0.25) is 0 Å². The summed E-state index contributed by atoms with van der Waals surface area (Å²) in [6.45, 7) is 2.11. The number of hydrogen-bond donors (Lipinski definition) is 1. The lowest BCUT2D eigenvalue weighted by molar-refractivity contribution is -0.136. The van der Waals surface area contributed by atoms with Gasteiger partial charge in [-0.25, -0.2) is 8.78 Å². The van der Waals surface area contributed by atoms with E-state index in [1.807, 2.05) is 0 Å². The summed E-state index contributed by atoms with van der Waals surface area (Å²) in [5.74, 6) is -1.91. The molecule has 2 saturated heterocycles. The molecule has 0 bridgehead atoms. The van der Waals surface area contributed by atoms with Gasteiger partial charge in [0.25, 0.3) is 11.8 Å². The van der Waals surface area contributed by atoms with Gasteiger partial charge in [0.1, 0.15) is 30.0 Å². The molecule has 0 aromatic heterocycles. The first-order valence-electron chi connectivity index (χ1n) is 13.8. The molecule has 1 N–H and O–H groups in total. The average Bonchev–Trinajstić information content (AvgIpc) is 3.32. The number of ether oxygens (including phenoxy) is 1. The van der Waals surface area contributed by atoms with Crippen molar-refractivity contribution in [1.82, 2.24) is 15.1 Å². The molecule has 2 fully saturated rings. The molecule has 0 aliphatic carbocycles. The van der Waals surface area contributed by atoms with E-state index in [0.29, 0.717) is 54.3 Å². The quantitative estimate of drug-likeness (QED) is 0.454. The maximum Gasteiger partial charge on any atom is 0.255 e. The standard InChI is InChI=1S/C31H28F2N4O5/c32-21-8-9-25(24(33)16-21)35-12-14-36(15-13-35)30(40)20-6-4-19(5-7-20)18-42-27-3-1-2-22-23(27)17-37(31(22)41)26-10-11-28(38)34-29(26)39/h1-9,16,26H,10-15,17-18H2,(H,34,38,39). The Morgan fingerprint density at radius 2 is 1.71 bits per heavy atom. The average molecular weight is 575 g/mol. The Bertz CT molecular complexity index is 1570. The number of nitrogens with zero attached hydrogens (tertiary/aromatic N) is 3. The van der Waals surface area contributed by atoms with Gasteiger partial charge in [-0.2, -0.15) is 0 Å². The number of fused-ring (bicyclic) bond motifs is 1. The lowest BCUT2D eigenvalue weighted by Crippen LogP contribution is -2.52. The zero-order chi connectivity index (χ0) is 29.4. The summed E-state index contributed by atoms with van der Waals surface area (Å²) in [7, 11) is 0. The van der Waals surface area contributed by atoms with Gasteiger partial charge >= 0.3 is 0 Å². The van der Waals surface area contributed by atoms with E-state index in [1.54, 1.807) is 52.3 Å². The van der Waals surface area contributed by atoms with E-state index >= 15 is 0 Å². The highest BCUT2D eigenvalue weighted by atomic mass is 19.1. The predicted molar refractivity (Wildman–Crippen MR) is 148 cm³/mol. The summed E-state index contributed by atoms with van der Waals surface area (Å²) in [4.78, 5) is 55.0. The maximum absolute atomic E-state index is 14.2. The Labute approximate surface area is 240 Å². The van der Waals surface area contributed by atoms with Crippen LogP contribution >= 0.6 is 0 Å².